The van der Waals surface area contributed by atoms with Crippen LogP contribution in [0.2, 0.25) is 0 Å². The summed E-state index contributed by atoms with van der Waals surface area (Å²) in [4.78, 5) is 0.412. The van der Waals surface area contributed by atoms with Gasteiger partial charge in [-0.1, -0.05) is 11.2 Å². The normalized spacial score (nSPS) is 21.8. The third kappa shape index (κ3) is 2.67. The molecule has 4 rings (SSSR count). The van der Waals surface area contributed by atoms with Gasteiger partial charge in [0.2, 0.25) is 10.0 Å². The highest BCUT2D eigenvalue weighted by Gasteiger charge is 2.38. The highest BCUT2D eigenvalue weighted by Crippen LogP contribution is 2.37. The first-order chi connectivity index (χ1) is 11.6. The van der Waals surface area contributed by atoms with Crippen molar-refractivity contribution in [2.45, 2.75) is 56.4 Å². The summed E-state index contributed by atoms with van der Waals surface area (Å²) in [6.07, 6.45) is 6.00. The standard InChI is InChI=1S/C18H22N2O3S/c1-13-11-17(19-23-13)18-7-4-10-20(18)24(21,22)16-9-8-14-5-2-3-6-15(14)12-16/h8-9,11-12,18H,2-7,10H2,1H3. The Morgan fingerprint density at radius 1 is 1.12 bits per heavy atom. The Kier molecular flexibility index (Phi) is 3.96. The first kappa shape index (κ1) is 15.8. The summed E-state index contributed by atoms with van der Waals surface area (Å²) in [7, 11) is -3.51. The molecule has 2 aromatic rings. The zero-order valence-electron chi connectivity index (χ0n) is 13.9. The average Bonchev–Trinajstić information content (AvgIpc) is 3.23. The monoisotopic (exact) mass is 346 g/mol. The van der Waals surface area contributed by atoms with Gasteiger partial charge >= 0.3 is 0 Å². The lowest BCUT2D eigenvalue weighted by atomic mass is 9.92. The molecule has 1 fully saturated rings. The van der Waals surface area contributed by atoms with Crippen molar-refractivity contribution < 1.29 is 12.9 Å². The number of benzene rings is 1. The van der Waals surface area contributed by atoms with Crippen LogP contribution < -0.4 is 0 Å². The second kappa shape index (κ2) is 6.01. The summed E-state index contributed by atoms with van der Waals surface area (Å²) < 4.78 is 33.1. The van der Waals surface area contributed by atoms with Crippen LogP contribution in [0.25, 0.3) is 0 Å². The van der Waals surface area contributed by atoms with Crippen molar-refractivity contribution in [2.75, 3.05) is 6.54 Å². The number of hydrogen-bond acceptors (Lipinski definition) is 4. The van der Waals surface area contributed by atoms with Crippen molar-refractivity contribution in [1.29, 1.82) is 0 Å². The molecule has 2 aliphatic rings. The van der Waals surface area contributed by atoms with Crippen LogP contribution in [0.1, 0.15) is 54.3 Å². The Morgan fingerprint density at radius 3 is 2.67 bits per heavy atom. The Hall–Kier alpha value is -1.66. The van der Waals surface area contributed by atoms with E-state index in [1.807, 2.05) is 25.1 Å². The number of nitrogens with zero attached hydrogens (tertiary/aromatic N) is 2. The van der Waals surface area contributed by atoms with Crippen molar-refractivity contribution >= 4 is 10.0 Å². The van der Waals surface area contributed by atoms with Gasteiger partial charge in [0.05, 0.1) is 10.9 Å². The maximum atomic E-state index is 13.2. The average molecular weight is 346 g/mol. The summed E-state index contributed by atoms with van der Waals surface area (Å²) >= 11 is 0. The third-order valence-corrected chi connectivity index (χ3v) is 7.02. The fourth-order valence-corrected chi connectivity index (χ4v) is 5.59. The summed E-state index contributed by atoms with van der Waals surface area (Å²) in [5, 5.41) is 4.04. The number of aromatic nitrogens is 1. The van der Waals surface area contributed by atoms with E-state index in [4.69, 9.17) is 4.52 Å². The van der Waals surface area contributed by atoms with E-state index in [9.17, 15) is 8.42 Å². The molecule has 1 aliphatic carbocycles. The summed E-state index contributed by atoms with van der Waals surface area (Å²) in [5.41, 5.74) is 3.20. The van der Waals surface area contributed by atoms with Gasteiger partial charge in [-0.25, -0.2) is 8.42 Å². The molecule has 1 atom stereocenters. The van der Waals surface area contributed by atoms with Gasteiger partial charge in [-0.15, -0.1) is 0 Å². The highest BCUT2D eigenvalue weighted by atomic mass is 32.2. The molecule has 0 saturated carbocycles. The minimum atomic E-state index is -3.51. The molecule has 1 unspecified atom stereocenters. The van der Waals surface area contributed by atoms with Gasteiger partial charge in [-0.05, 0) is 68.7 Å². The molecule has 0 N–H and O–H groups in total. The Bertz CT molecular complexity index is 857. The minimum Gasteiger partial charge on any atom is -0.361 e. The van der Waals surface area contributed by atoms with Gasteiger partial charge in [-0.2, -0.15) is 4.31 Å². The van der Waals surface area contributed by atoms with Crippen LogP contribution in [-0.2, 0) is 22.9 Å². The van der Waals surface area contributed by atoms with Gasteiger partial charge in [0, 0.05) is 12.6 Å². The van der Waals surface area contributed by atoms with Crippen LogP contribution >= 0.6 is 0 Å². The molecule has 0 radical (unpaired) electrons. The third-order valence-electron chi connectivity index (χ3n) is 5.12. The summed E-state index contributed by atoms with van der Waals surface area (Å²) in [6.45, 7) is 2.36. The maximum Gasteiger partial charge on any atom is 0.243 e. The molecule has 1 aromatic heterocycles. The fourth-order valence-electron chi connectivity index (χ4n) is 3.87. The molecule has 6 heteroatoms. The number of rotatable bonds is 3. The van der Waals surface area contributed by atoms with Gasteiger partial charge in [0.15, 0.2) is 0 Å². The molecule has 0 spiro atoms. The molecule has 1 saturated heterocycles. The van der Waals surface area contributed by atoms with Gasteiger partial charge < -0.3 is 4.52 Å². The molecule has 24 heavy (non-hydrogen) atoms. The van der Waals surface area contributed by atoms with E-state index < -0.39 is 10.0 Å². The largest absolute Gasteiger partial charge is 0.361 e. The van der Waals surface area contributed by atoms with E-state index in [1.54, 1.807) is 10.4 Å². The zero-order valence-corrected chi connectivity index (χ0v) is 14.7. The smallest absolute Gasteiger partial charge is 0.243 e. The first-order valence-corrected chi connectivity index (χ1v) is 10.1. The SMILES string of the molecule is Cc1cc(C2CCCN2S(=O)(=O)c2ccc3c(c2)CCCC3)no1. The highest BCUT2D eigenvalue weighted by molar-refractivity contribution is 7.89. The van der Waals surface area contributed by atoms with E-state index >= 15 is 0 Å². The summed E-state index contributed by atoms with van der Waals surface area (Å²) in [5.74, 6) is 0.711. The van der Waals surface area contributed by atoms with Gasteiger partial charge in [0.1, 0.15) is 11.5 Å². The maximum absolute atomic E-state index is 13.2. The van der Waals surface area contributed by atoms with Crippen LogP contribution in [-0.4, -0.2) is 24.4 Å². The predicted molar refractivity (Wildman–Crippen MR) is 90.2 cm³/mol. The zero-order chi connectivity index (χ0) is 16.7. The van der Waals surface area contributed by atoms with Crippen molar-refractivity contribution in [3.05, 3.63) is 46.8 Å². The first-order valence-electron chi connectivity index (χ1n) is 8.62. The molecule has 1 aliphatic heterocycles. The minimum absolute atomic E-state index is 0.219. The lowest BCUT2D eigenvalue weighted by molar-refractivity contribution is 0.349. The topological polar surface area (TPSA) is 63.4 Å². The Balaban J connectivity index is 1.69. The van der Waals surface area contributed by atoms with E-state index in [-0.39, 0.29) is 6.04 Å². The number of aryl methyl sites for hydroxylation is 3. The number of sulfonamides is 1. The van der Waals surface area contributed by atoms with E-state index in [2.05, 4.69) is 5.16 Å². The van der Waals surface area contributed by atoms with E-state index in [1.165, 1.54) is 17.5 Å². The molecule has 0 bridgehead atoms. The second-order valence-electron chi connectivity index (χ2n) is 6.77. The molecular weight excluding hydrogens is 324 g/mol. The van der Waals surface area contributed by atoms with Crippen molar-refractivity contribution in [2.24, 2.45) is 0 Å². The Morgan fingerprint density at radius 2 is 1.92 bits per heavy atom. The van der Waals surface area contributed by atoms with Crippen molar-refractivity contribution in [1.82, 2.24) is 9.46 Å². The van der Waals surface area contributed by atoms with Crippen molar-refractivity contribution in [3.8, 4) is 0 Å². The van der Waals surface area contributed by atoms with Crippen LogP contribution in [0.3, 0.4) is 0 Å². The van der Waals surface area contributed by atoms with Gasteiger partial charge in [-0.3, -0.25) is 0 Å². The molecule has 5 nitrogen and oxygen atoms in total. The van der Waals surface area contributed by atoms with Crippen LogP contribution in [0, 0.1) is 6.92 Å². The fraction of sp³-hybridized carbons (Fsp3) is 0.500. The summed E-state index contributed by atoms with van der Waals surface area (Å²) in [6, 6.07) is 7.26. The Labute approximate surface area is 142 Å². The van der Waals surface area contributed by atoms with Crippen LogP contribution in [0.5, 0.6) is 0 Å². The predicted octanol–water partition coefficient (Wildman–Crippen LogP) is 3.39. The molecule has 0 amide bonds. The lowest BCUT2D eigenvalue weighted by Gasteiger charge is -2.24. The molecule has 128 valence electrons. The number of hydrogen-bond donors (Lipinski definition) is 0. The molecular formula is C18H22N2O3S. The van der Waals surface area contributed by atoms with Crippen LogP contribution in [0.4, 0.5) is 0 Å². The second-order valence-corrected chi connectivity index (χ2v) is 8.66. The van der Waals surface area contributed by atoms with Crippen molar-refractivity contribution in [3.63, 3.8) is 0 Å². The van der Waals surface area contributed by atoms with Gasteiger partial charge in [0.25, 0.3) is 0 Å². The molecule has 1 aromatic carbocycles. The van der Waals surface area contributed by atoms with E-state index in [0.29, 0.717) is 22.9 Å². The van der Waals surface area contributed by atoms with Crippen LogP contribution in [0.15, 0.2) is 33.7 Å². The van der Waals surface area contributed by atoms with E-state index in [0.717, 1.165) is 32.1 Å². The lowest BCUT2D eigenvalue weighted by Crippen LogP contribution is -2.31. The molecule has 2 heterocycles. The number of fused-ring (bicyclic) bond motifs is 1. The quantitative estimate of drug-likeness (QED) is 0.854.